The van der Waals surface area contributed by atoms with E-state index in [1.165, 1.54) is 23.7 Å². The Morgan fingerprint density at radius 2 is 1.90 bits per heavy atom. The molecule has 0 N–H and O–H groups in total. The van der Waals surface area contributed by atoms with Crippen molar-refractivity contribution in [2.24, 2.45) is 17.3 Å². The quantitative estimate of drug-likeness (QED) is 0.472. The van der Waals surface area contributed by atoms with Crippen LogP contribution in [-0.2, 0) is 23.5 Å². The number of anilines is 1. The van der Waals surface area contributed by atoms with Crippen LogP contribution in [0.25, 0.3) is 14.4 Å². The zero-order chi connectivity index (χ0) is 23.0. The second-order valence-corrected chi connectivity index (χ2v) is 8.14. The Hall–Kier alpha value is -3.65. The number of sulfonamides is 1. The smallest absolute Gasteiger partial charge is 0.483 e. The Labute approximate surface area is 175 Å². The maximum atomic E-state index is 12.9. The molecule has 0 spiro atoms. The van der Waals surface area contributed by atoms with E-state index in [9.17, 15) is 21.6 Å². The lowest BCUT2D eigenvalue weighted by Crippen LogP contribution is -2.24. The molecule has 0 saturated carbocycles. The molecule has 0 radical (unpaired) electrons. The molecule has 162 valence electrons. The normalized spacial score (nSPS) is 14.2. The number of hydrogen-bond donors (Lipinski definition) is 0. The Morgan fingerprint density at radius 1 is 1.19 bits per heavy atom. The summed E-state index contributed by atoms with van der Waals surface area (Å²) < 4.78 is 66.0. The summed E-state index contributed by atoms with van der Waals surface area (Å²) in [7, 11) is -2.66. The molecule has 0 unspecified atom stereocenters. The molecule has 0 aliphatic carbocycles. The molecule has 1 aromatic carbocycles. The lowest BCUT2D eigenvalue weighted by molar-refractivity contribution is -0.0425. The van der Waals surface area contributed by atoms with E-state index in [0.717, 1.165) is 12.0 Å². The number of nitrogens with zero attached hydrogens (tertiary/aromatic N) is 8. The van der Waals surface area contributed by atoms with E-state index >= 15 is 0 Å². The van der Waals surface area contributed by atoms with E-state index in [0.29, 0.717) is 18.7 Å². The number of fused-ring (bicyclic) bond motifs is 1. The molecule has 0 amide bonds. The highest BCUT2D eigenvalue weighted by atomic mass is 32.2. The molecule has 1 aromatic heterocycles. The summed E-state index contributed by atoms with van der Waals surface area (Å²) in [6, 6.07) is 2.65. The maximum Gasteiger partial charge on any atom is 0.483 e. The van der Waals surface area contributed by atoms with Gasteiger partial charge >= 0.3 is 11.5 Å². The highest BCUT2D eigenvalue weighted by Gasteiger charge is 2.39. The number of aromatic nitrogens is 2. The lowest BCUT2D eigenvalue weighted by Gasteiger charge is -2.31. The minimum atomic E-state index is -5.81. The summed E-state index contributed by atoms with van der Waals surface area (Å²) in [6.07, 6.45) is 1.40. The summed E-state index contributed by atoms with van der Waals surface area (Å²) in [5.74, 6) is -0.430. The van der Waals surface area contributed by atoms with Crippen LogP contribution in [0.4, 0.5) is 47.8 Å². The highest BCUT2D eigenvalue weighted by molar-refractivity contribution is 7.95. The van der Waals surface area contributed by atoms with Crippen LogP contribution in [0, 0.1) is 13.1 Å². The number of halogens is 3. The van der Waals surface area contributed by atoms with E-state index in [2.05, 4.69) is 29.6 Å². The van der Waals surface area contributed by atoms with Gasteiger partial charge in [-0.25, -0.2) is 13.0 Å². The first kappa shape index (κ1) is 22.0. The van der Waals surface area contributed by atoms with Crippen molar-refractivity contribution in [3.63, 3.8) is 0 Å². The summed E-state index contributed by atoms with van der Waals surface area (Å²) in [6.45, 7) is 14.8. The average Bonchev–Trinajstić information content (AvgIpc) is 3.00. The first-order chi connectivity index (χ1) is 14.5. The second-order valence-electron chi connectivity index (χ2n) is 6.55. The zero-order valence-electron chi connectivity index (χ0n) is 16.2. The molecular weight excluding hydrogens is 437 g/mol. The molecule has 1 aliphatic rings. The fourth-order valence-electron chi connectivity index (χ4n) is 2.98. The number of hydrogen-bond acceptors (Lipinski definition) is 6. The number of rotatable bonds is 4. The Kier molecular flexibility index (Phi) is 5.61. The van der Waals surface area contributed by atoms with E-state index in [1.807, 2.05) is 0 Å². The summed E-state index contributed by atoms with van der Waals surface area (Å²) in [5.41, 5.74) is -5.02. The molecular formula is C17H14F3N8O2S-. The van der Waals surface area contributed by atoms with Crippen LogP contribution >= 0.6 is 0 Å². The summed E-state index contributed by atoms with van der Waals surface area (Å²) >= 11 is 0. The average molecular weight is 451 g/mol. The van der Waals surface area contributed by atoms with Crippen LogP contribution in [0.3, 0.4) is 0 Å². The topological polar surface area (TPSA) is 103 Å². The van der Waals surface area contributed by atoms with Gasteiger partial charge in [0, 0.05) is 19.3 Å². The van der Waals surface area contributed by atoms with Crippen LogP contribution < -0.4 is 4.90 Å². The maximum absolute atomic E-state index is 12.9. The molecule has 0 fully saturated rings. The largest absolute Gasteiger partial charge is 0.568 e. The zero-order valence-corrected chi connectivity index (χ0v) is 17.0. The van der Waals surface area contributed by atoms with Crippen molar-refractivity contribution in [2.75, 3.05) is 18.5 Å². The van der Waals surface area contributed by atoms with E-state index < -0.39 is 21.2 Å². The van der Waals surface area contributed by atoms with Crippen LogP contribution in [0.2, 0.25) is 0 Å². The molecule has 3 rings (SSSR count). The second kappa shape index (κ2) is 7.88. The van der Waals surface area contributed by atoms with Gasteiger partial charge < -0.3 is 19.3 Å². The van der Waals surface area contributed by atoms with E-state index in [4.69, 9.17) is 13.1 Å². The molecule has 10 nitrogen and oxygen atoms in total. The van der Waals surface area contributed by atoms with E-state index in [-0.39, 0.29) is 23.3 Å². The monoisotopic (exact) mass is 451 g/mol. The van der Waals surface area contributed by atoms with Gasteiger partial charge in [0.1, 0.15) is 0 Å². The highest BCUT2D eigenvalue weighted by Crippen LogP contribution is 2.44. The van der Waals surface area contributed by atoms with Crippen molar-refractivity contribution in [3.8, 4) is 0 Å². The number of benzene rings is 1. The van der Waals surface area contributed by atoms with Gasteiger partial charge in [-0.3, -0.25) is 0 Å². The van der Waals surface area contributed by atoms with E-state index in [1.54, 1.807) is 11.9 Å². The third-order valence-electron chi connectivity index (χ3n) is 4.52. The summed E-state index contributed by atoms with van der Waals surface area (Å²) in [4.78, 5) is 11.9. The van der Waals surface area contributed by atoms with Gasteiger partial charge in [0.05, 0.1) is 12.7 Å². The first-order valence-electron chi connectivity index (χ1n) is 8.64. The Bertz CT molecular complexity index is 1250. The van der Waals surface area contributed by atoms with Gasteiger partial charge in [-0.05, 0) is 24.5 Å². The minimum Gasteiger partial charge on any atom is -0.568 e. The Balaban J connectivity index is 2.11. The van der Waals surface area contributed by atoms with Crippen LogP contribution in [0.5, 0.6) is 0 Å². The van der Waals surface area contributed by atoms with Gasteiger partial charge in [0.2, 0.25) is 0 Å². The molecule has 14 heteroatoms. The van der Waals surface area contributed by atoms with Gasteiger partial charge in [-0.15, -0.1) is 5.11 Å². The van der Waals surface area contributed by atoms with Crippen molar-refractivity contribution in [2.45, 2.75) is 18.3 Å². The molecule has 0 atom stereocenters. The third-order valence-corrected chi connectivity index (χ3v) is 5.54. The van der Waals surface area contributed by atoms with Gasteiger partial charge in [0.15, 0.2) is 10.0 Å². The number of aryl methyl sites for hydroxylation is 1. The number of azo groups is 1. The standard InChI is InChI=1S/C17H14F3N8O2S/c1-21-14-15(22-2)28(4)16(23-14)25-24-11-8-10-6-5-7-27(3)13(10)9-12(11)26-31(29,30)17(18,19)20/h8-9H,5-7H2,3-4H3/q-1. The molecule has 0 saturated heterocycles. The third kappa shape index (κ3) is 4.15. The molecule has 2 aromatic rings. The molecule has 31 heavy (non-hydrogen) atoms. The minimum absolute atomic E-state index is 0.0828. The number of alkyl halides is 3. The predicted octanol–water partition coefficient (Wildman–Crippen LogP) is 5.17. The predicted molar refractivity (Wildman–Crippen MR) is 106 cm³/mol. The first-order valence-corrected chi connectivity index (χ1v) is 10.1. The molecule has 0 bridgehead atoms. The lowest BCUT2D eigenvalue weighted by atomic mass is 10.0. The Morgan fingerprint density at radius 3 is 2.48 bits per heavy atom. The number of imidazole rings is 1. The van der Waals surface area contributed by atoms with Crippen molar-refractivity contribution >= 4 is 44.7 Å². The van der Waals surface area contributed by atoms with Gasteiger partial charge in [0.25, 0.3) is 11.6 Å². The van der Waals surface area contributed by atoms with Crippen molar-refractivity contribution in [1.82, 2.24) is 9.55 Å². The van der Waals surface area contributed by atoms with Crippen molar-refractivity contribution < 1.29 is 21.6 Å². The van der Waals surface area contributed by atoms with Gasteiger partial charge in [-0.1, -0.05) is 35.0 Å². The van der Waals surface area contributed by atoms with Crippen LogP contribution in [-0.4, -0.2) is 37.1 Å². The molecule has 2 heterocycles. The van der Waals surface area contributed by atoms with Crippen molar-refractivity contribution in [3.05, 3.63) is 45.3 Å². The summed E-state index contributed by atoms with van der Waals surface area (Å²) in [5, 5.41) is 7.67. The fraction of sp³-hybridized carbons (Fsp3) is 0.353. The van der Waals surface area contributed by atoms with Crippen LogP contribution in [0.15, 0.2) is 22.4 Å². The van der Waals surface area contributed by atoms with Crippen LogP contribution in [0.1, 0.15) is 12.0 Å². The fourth-order valence-corrected chi connectivity index (χ4v) is 3.49. The SMILES string of the molecule is [C-]#[N+]c1nc(N=Nc2cc3c(cc2[N-]S(=O)(=O)C(F)(F)F)N(C)CCC3)n(C)c1[N+]#[C-]. The van der Waals surface area contributed by atoms with Gasteiger partial charge in [-0.2, -0.15) is 13.2 Å². The van der Waals surface area contributed by atoms with Crippen molar-refractivity contribution in [1.29, 1.82) is 0 Å². The molecule has 1 aliphatic heterocycles.